The molecule has 0 unspecified atom stereocenters. The number of aromatic nitrogens is 1. The van der Waals surface area contributed by atoms with Crippen LogP contribution in [0.5, 0.6) is 5.75 Å². The van der Waals surface area contributed by atoms with E-state index >= 15 is 0 Å². The minimum atomic E-state index is -0.0726. The van der Waals surface area contributed by atoms with Gasteiger partial charge in [-0.25, -0.2) is 4.98 Å². The average Bonchev–Trinajstić information content (AvgIpc) is 3.20. The highest BCUT2D eigenvalue weighted by molar-refractivity contribution is 5.97. The summed E-state index contributed by atoms with van der Waals surface area (Å²) >= 11 is 0. The van der Waals surface area contributed by atoms with Crippen molar-refractivity contribution in [1.82, 2.24) is 9.88 Å². The van der Waals surface area contributed by atoms with E-state index in [0.717, 1.165) is 24.2 Å². The Hall–Kier alpha value is -3.60. The number of fused-ring (bicyclic) bond motifs is 1. The van der Waals surface area contributed by atoms with E-state index in [1.807, 2.05) is 48.5 Å². The van der Waals surface area contributed by atoms with Crippen LogP contribution in [0.2, 0.25) is 0 Å². The van der Waals surface area contributed by atoms with Crippen LogP contribution in [0.3, 0.4) is 0 Å². The molecule has 0 fully saturated rings. The fraction of sp³-hybridized carbons (Fsp3) is 0.200. The number of nitrogens with zero attached hydrogens (tertiary/aromatic N) is 2. The Morgan fingerprint density at radius 1 is 1.00 bits per heavy atom. The zero-order valence-electron chi connectivity index (χ0n) is 17.2. The van der Waals surface area contributed by atoms with E-state index in [1.165, 1.54) is 5.56 Å². The number of oxazole rings is 1. The lowest BCUT2D eigenvalue weighted by Gasteiger charge is -2.18. The third kappa shape index (κ3) is 4.35. The van der Waals surface area contributed by atoms with Crippen LogP contribution in [0.15, 0.2) is 77.2 Å². The Morgan fingerprint density at radius 2 is 1.77 bits per heavy atom. The van der Waals surface area contributed by atoms with Crippen molar-refractivity contribution in [1.29, 1.82) is 0 Å². The average molecular weight is 400 g/mol. The van der Waals surface area contributed by atoms with Gasteiger partial charge in [0.2, 0.25) is 0 Å². The van der Waals surface area contributed by atoms with Gasteiger partial charge in [0.1, 0.15) is 11.3 Å². The van der Waals surface area contributed by atoms with Crippen LogP contribution >= 0.6 is 0 Å². The monoisotopic (exact) mass is 400 g/mol. The molecule has 5 nitrogen and oxygen atoms in total. The quantitative estimate of drug-likeness (QED) is 0.443. The normalized spacial score (nSPS) is 10.9. The minimum absolute atomic E-state index is 0.0726. The third-order valence-electron chi connectivity index (χ3n) is 5.10. The van der Waals surface area contributed by atoms with Crippen LogP contribution in [-0.2, 0) is 19.4 Å². The molecule has 5 heteroatoms. The molecule has 3 aromatic carbocycles. The van der Waals surface area contributed by atoms with Gasteiger partial charge in [-0.15, -0.1) is 0 Å². The van der Waals surface area contributed by atoms with E-state index < -0.39 is 0 Å². The van der Waals surface area contributed by atoms with Crippen LogP contribution in [0.25, 0.3) is 11.1 Å². The number of hydrogen-bond donors (Lipinski definition) is 0. The van der Waals surface area contributed by atoms with Gasteiger partial charge in [0.15, 0.2) is 11.5 Å². The topological polar surface area (TPSA) is 55.6 Å². The first kappa shape index (κ1) is 19.7. The number of para-hydroxylation sites is 1. The van der Waals surface area contributed by atoms with Gasteiger partial charge in [0, 0.05) is 31.1 Å². The third-order valence-corrected chi connectivity index (χ3v) is 5.10. The Morgan fingerprint density at radius 3 is 2.57 bits per heavy atom. The number of amides is 1. The number of carbonyl (C=O) groups is 1. The summed E-state index contributed by atoms with van der Waals surface area (Å²) in [6.45, 7) is 0.460. The summed E-state index contributed by atoms with van der Waals surface area (Å²) in [5.41, 5.74) is 4.19. The van der Waals surface area contributed by atoms with Crippen molar-refractivity contribution < 1.29 is 13.9 Å². The van der Waals surface area contributed by atoms with Gasteiger partial charge in [0.25, 0.3) is 5.91 Å². The molecule has 1 heterocycles. The molecule has 152 valence electrons. The summed E-state index contributed by atoms with van der Waals surface area (Å²) in [7, 11) is 3.42. The number of hydrogen-bond acceptors (Lipinski definition) is 4. The number of aryl methyl sites for hydroxylation is 2. The molecule has 0 aliphatic rings. The Labute approximate surface area is 175 Å². The van der Waals surface area contributed by atoms with Crippen LogP contribution in [0.1, 0.15) is 27.4 Å². The first-order valence-corrected chi connectivity index (χ1v) is 9.95. The zero-order chi connectivity index (χ0) is 20.9. The van der Waals surface area contributed by atoms with E-state index in [1.54, 1.807) is 31.2 Å². The van der Waals surface area contributed by atoms with E-state index in [4.69, 9.17) is 9.15 Å². The maximum atomic E-state index is 12.9. The predicted molar refractivity (Wildman–Crippen MR) is 117 cm³/mol. The predicted octanol–water partition coefficient (Wildman–Crippen LogP) is 4.89. The molecule has 0 spiro atoms. The Kier molecular flexibility index (Phi) is 5.80. The molecule has 4 rings (SSSR count). The molecular weight excluding hydrogens is 376 g/mol. The van der Waals surface area contributed by atoms with Crippen molar-refractivity contribution >= 4 is 17.0 Å². The van der Waals surface area contributed by atoms with E-state index in [2.05, 4.69) is 17.1 Å². The molecular formula is C25H24N2O3. The molecule has 0 saturated carbocycles. The maximum Gasteiger partial charge on any atom is 0.253 e. The van der Waals surface area contributed by atoms with Crippen molar-refractivity contribution in [2.45, 2.75) is 19.4 Å². The lowest BCUT2D eigenvalue weighted by Crippen LogP contribution is -2.26. The fourth-order valence-electron chi connectivity index (χ4n) is 3.49. The molecule has 30 heavy (non-hydrogen) atoms. The number of ether oxygens (including phenoxy) is 1. The molecule has 4 aromatic rings. The van der Waals surface area contributed by atoms with Crippen molar-refractivity contribution in [3.8, 4) is 5.75 Å². The standard InChI is InChI=1S/C25H24N2O3/c1-27(17-20-10-6-7-11-22(20)29-2)25(28)19-13-14-23-21(16-19)26-24(30-23)15-12-18-8-4-3-5-9-18/h3-11,13-14,16H,12,15,17H2,1-2H3. The summed E-state index contributed by atoms with van der Waals surface area (Å²) in [5, 5.41) is 0. The Bertz CT molecular complexity index is 1150. The van der Waals surface area contributed by atoms with E-state index in [9.17, 15) is 4.79 Å². The highest BCUT2D eigenvalue weighted by Gasteiger charge is 2.16. The van der Waals surface area contributed by atoms with Gasteiger partial charge in [-0.3, -0.25) is 4.79 Å². The lowest BCUT2D eigenvalue weighted by atomic mass is 10.1. The first-order chi connectivity index (χ1) is 14.6. The molecule has 1 aromatic heterocycles. The highest BCUT2D eigenvalue weighted by Crippen LogP contribution is 2.22. The number of carbonyl (C=O) groups excluding carboxylic acids is 1. The van der Waals surface area contributed by atoms with Crippen molar-refractivity contribution in [2.75, 3.05) is 14.2 Å². The van der Waals surface area contributed by atoms with Gasteiger partial charge < -0.3 is 14.1 Å². The summed E-state index contributed by atoms with van der Waals surface area (Å²) in [5.74, 6) is 1.38. The lowest BCUT2D eigenvalue weighted by molar-refractivity contribution is 0.0784. The van der Waals surface area contributed by atoms with Crippen LogP contribution in [0, 0.1) is 0 Å². The minimum Gasteiger partial charge on any atom is -0.496 e. The molecule has 0 aliphatic carbocycles. The second kappa shape index (κ2) is 8.82. The maximum absolute atomic E-state index is 12.9. The number of benzene rings is 3. The molecule has 0 N–H and O–H groups in total. The molecule has 0 radical (unpaired) electrons. The molecule has 0 aliphatic heterocycles. The van der Waals surface area contributed by atoms with Gasteiger partial charge in [-0.05, 0) is 36.2 Å². The smallest absolute Gasteiger partial charge is 0.253 e. The molecule has 0 bridgehead atoms. The summed E-state index contributed by atoms with van der Waals surface area (Å²) < 4.78 is 11.2. The second-order valence-corrected chi connectivity index (χ2v) is 7.25. The van der Waals surface area contributed by atoms with Gasteiger partial charge in [-0.2, -0.15) is 0 Å². The van der Waals surface area contributed by atoms with Crippen molar-refractivity contribution in [2.24, 2.45) is 0 Å². The summed E-state index contributed by atoms with van der Waals surface area (Å²) in [4.78, 5) is 19.2. The number of methoxy groups -OCH3 is 1. The second-order valence-electron chi connectivity index (χ2n) is 7.25. The highest BCUT2D eigenvalue weighted by atomic mass is 16.5. The number of rotatable bonds is 7. The zero-order valence-corrected chi connectivity index (χ0v) is 17.2. The first-order valence-electron chi connectivity index (χ1n) is 9.95. The Balaban J connectivity index is 1.47. The van der Waals surface area contributed by atoms with Crippen molar-refractivity contribution in [3.63, 3.8) is 0 Å². The van der Waals surface area contributed by atoms with E-state index in [0.29, 0.717) is 29.1 Å². The molecule has 1 amide bonds. The van der Waals surface area contributed by atoms with E-state index in [-0.39, 0.29) is 5.91 Å². The molecule has 0 saturated heterocycles. The summed E-state index contributed by atoms with van der Waals surface area (Å²) in [6.07, 6.45) is 1.58. The SMILES string of the molecule is COc1ccccc1CN(C)C(=O)c1ccc2oc(CCc3ccccc3)nc2c1. The van der Waals surface area contributed by atoms with Gasteiger partial charge in [-0.1, -0.05) is 48.5 Å². The largest absolute Gasteiger partial charge is 0.496 e. The fourth-order valence-corrected chi connectivity index (χ4v) is 3.49. The van der Waals surface area contributed by atoms with Gasteiger partial charge >= 0.3 is 0 Å². The van der Waals surface area contributed by atoms with Crippen LogP contribution in [-0.4, -0.2) is 29.9 Å². The molecule has 0 atom stereocenters. The van der Waals surface area contributed by atoms with Gasteiger partial charge in [0.05, 0.1) is 7.11 Å². The van der Waals surface area contributed by atoms with Crippen molar-refractivity contribution in [3.05, 3.63) is 95.4 Å². The van der Waals surface area contributed by atoms with Crippen LogP contribution < -0.4 is 4.74 Å². The summed E-state index contributed by atoms with van der Waals surface area (Å²) in [6, 6.07) is 23.4. The van der Waals surface area contributed by atoms with Crippen LogP contribution in [0.4, 0.5) is 0 Å².